The van der Waals surface area contributed by atoms with Crippen LogP contribution in [0.25, 0.3) is 6.08 Å². The van der Waals surface area contributed by atoms with Gasteiger partial charge in [-0.3, -0.25) is 4.79 Å². The molecular formula is C22H23NO4. The number of methoxy groups -OCH3 is 2. The second-order valence-corrected chi connectivity index (χ2v) is 7.10. The van der Waals surface area contributed by atoms with Crippen molar-refractivity contribution in [3.63, 3.8) is 0 Å². The molecule has 0 heterocycles. The van der Waals surface area contributed by atoms with Crippen LogP contribution in [0.5, 0.6) is 17.2 Å². The molecule has 0 aromatic heterocycles. The Balaban J connectivity index is 2.41. The minimum absolute atomic E-state index is 0.0192. The van der Waals surface area contributed by atoms with Gasteiger partial charge in [0.05, 0.1) is 14.2 Å². The quantitative estimate of drug-likeness (QED) is 0.479. The molecule has 5 heteroatoms. The first-order valence-corrected chi connectivity index (χ1v) is 8.43. The molecule has 1 N–H and O–H groups in total. The van der Waals surface area contributed by atoms with Crippen molar-refractivity contribution in [2.75, 3.05) is 14.2 Å². The fourth-order valence-electron chi connectivity index (χ4n) is 2.59. The predicted octanol–water partition coefficient (Wildman–Crippen LogP) is 4.50. The molecular weight excluding hydrogens is 342 g/mol. The summed E-state index contributed by atoms with van der Waals surface area (Å²) in [5.74, 6) is -0.122. The summed E-state index contributed by atoms with van der Waals surface area (Å²) in [5, 5.41) is 19.4. The Bertz CT molecular complexity index is 888. The van der Waals surface area contributed by atoms with Crippen LogP contribution in [0.1, 0.15) is 42.3 Å². The van der Waals surface area contributed by atoms with E-state index in [0.29, 0.717) is 11.1 Å². The topological polar surface area (TPSA) is 79.5 Å². The number of rotatable bonds is 5. The summed E-state index contributed by atoms with van der Waals surface area (Å²) in [6, 6.07) is 12.3. The highest BCUT2D eigenvalue weighted by molar-refractivity contribution is 6.14. The van der Waals surface area contributed by atoms with E-state index in [-0.39, 0.29) is 34.0 Å². The van der Waals surface area contributed by atoms with E-state index < -0.39 is 0 Å². The second-order valence-electron chi connectivity index (χ2n) is 7.10. The fraction of sp³-hybridized carbons (Fsp3) is 0.273. The van der Waals surface area contributed by atoms with E-state index in [1.54, 1.807) is 12.1 Å². The first-order valence-electron chi connectivity index (χ1n) is 8.43. The molecule has 0 bridgehead atoms. The molecule has 0 atom stereocenters. The summed E-state index contributed by atoms with van der Waals surface area (Å²) in [7, 11) is 2.82. The number of Topliss-reactive ketones (excluding diaryl/α,β-unsaturated/α-hetero) is 1. The number of ether oxygens (including phenoxy) is 2. The van der Waals surface area contributed by atoms with E-state index in [9.17, 15) is 15.2 Å². The number of aromatic hydroxyl groups is 1. The van der Waals surface area contributed by atoms with Crippen molar-refractivity contribution in [1.82, 2.24) is 0 Å². The summed E-state index contributed by atoms with van der Waals surface area (Å²) in [6.45, 7) is 6.28. The van der Waals surface area contributed by atoms with Crippen molar-refractivity contribution < 1.29 is 19.4 Å². The molecule has 0 amide bonds. The molecule has 2 aromatic carbocycles. The SMILES string of the molecule is COc1cc(/C=C(\C#N)C(=O)c2ccc(C(C)(C)C)cc2)cc(OC)c1O. The van der Waals surface area contributed by atoms with Gasteiger partial charge in [0, 0.05) is 5.56 Å². The van der Waals surface area contributed by atoms with Gasteiger partial charge in [-0.05, 0) is 34.8 Å². The van der Waals surface area contributed by atoms with Crippen molar-refractivity contribution in [3.8, 4) is 23.3 Å². The van der Waals surface area contributed by atoms with Gasteiger partial charge in [0.1, 0.15) is 11.6 Å². The van der Waals surface area contributed by atoms with Crippen LogP contribution in [0.4, 0.5) is 0 Å². The number of nitrogens with zero attached hydrogens (tertiary/aromatic N) is 1. The molecule has 0 saturated heterocycles. The number of carbonyl (C=O) groups is 1. The normalized spacial score (nSPS) is 11.6. The molecule has 0 saturated carbocycles. The molecule has 0 unspecified atom stereocenters. The number of hydrogen-bond donors (Lipinski definition) is 1. The maximum absolute atomic E-state index is 12.7. The largest absolute Gasteiger partial charge is 0.502 e. The zero-order chi connectivity index (χ0) is 20.2. The van der Waals surface area contributed by atoms with Crippen LogP contribution in [-0.2, 0) is 5.41 Å². The summed E-state index contributed by atoms with van der Waals surface area (Å²) in [5.41, 5.74) is 2.02. The Hall–Kier alpha value is -3.26. The van der Waals surface area contributed by atoms with Crippen LogP contribution in [0.15, 0.2) is 42.0 Å². The molecule has 5 nitrogen and oxygen atoms in total. The Labute approximate surface area is 159 Å². The van der Waals surface area contributed by atoms with Crippen molar-refractivity contribution in [2.24, 2.45) is 0 Å². The Kier molecular flexibility index (Phi) is 5.91. The number of phenols is 1. The molecule has 0 radical (unpaired) electrons. The van der Waals surface area contributed by atoms with Crippen molar-refractivity contribution in [3.05, 3.63) is 58.7 Å². The predicted molar refractivity (Wildman–Crippen MR) is 104 cm³/mol. The zero-order valence-electron chi connectivity index (χ0n) is 16.2. The van der Waals surface area contributed by atoms with Crippen LogP contribution in [0.2, 0.25) is 0 Å². The second kappa shape index (κ2) is 7.96. The average molecular weight is 365 g/mol. The smallest absolute Gasteiger partial charge is 0.203 e. The summed E-state index contributed by atoms with van der Waals surface area (Å²) < 4.78 is 10.2. The van der Waals surface area contributed by atoms with Gasteiger partial charge in [0.2, 0.25) is 11.5 Å². The molecule has 140 valence electrons. The fourth-order valence-corrected chi connectivity index (χ4v) is 2.59. The molecule has 2 aromatic rings. The zero-order valence-corrected chi connectivity index (χ0v) is 16.2. The summed E-state index contributed by atoms with van der Waals surface area (Å²) in [4.78, 5) is 12.7. The third kappa shape index (κ3) is 4.48. The Morgan fingerprint density at radius 2 is 1.59 bits per heavy atom. The molecule has 0 spiro atoms. The Morgan fingerprint density at radius 1 is 1.07 bits per heavy atom. The lowest BCUT2D eigenvalue weighted by molar-refractivity contribution is 0.104. The molecule has 0 aliphatic carbocycles. The minimum Gasteiger partial charge on any atom is -0.502 e. The number of benzene rings is 2. The first-order chi connectivity index (χ1) is 12.7. The van der Waals surface area contributed by atoms with E-state index in [4.69, 9.17) is 9.47 Å². The molecule has 27 heavy (non-hydrogen) atoms. The van der Waals surface area contributed by atoms with E-state index in [1.807, 2.05) is 18.2 Å². The van der Waals surface area contributed by atoms with Crippen molar-refractivity contribution in [2.45, 2.75) is 26.2 Å². The van der Waals surface area contributed by atoms with Gasteiger partial charge >= 0.3 is 0 Å². The maximum Gasteiger partial charge on any atom is 0.203 e. The lowest BCUT2D eigenvalue weighted by Gasteiger charge is -2.18. The van der Waals surface area contributed by atoms with Gasteiger partial charge < -0.3 is 14.6 Å². The monoisotopic (exact) mass is 365 g/mol. The van der Waals surface area contributed by atoms with Gasteiger partial charge in [-0.25, -0.2) is 0 Å². The lowest BCUT2D eigenvalue weighted by Crippen LogP contribution is -2.11. The number of phenolic OH excluding ortho intramolecular Hbond substituents is 1. The van der Waals surface area contributed by atoms with Gasteiger partial charge in [0.25, 0.3) is 0 Å². The van der Waals surface area contributed by atoms with Crippen LogP contribution >= 0.6 is 0 Å². The molecule has 0 aliphatic rings. The van der Waals surface area contributed by atoms with Gasteiger partial charge in [-0.1, -0.05) is 45.0 Å². The maximum atomic E-state index is 12.7. The number of nitriles is 1. The highest BCUT2D eigenvalue weighted by Gasteiger charge is 2.17. The third-order valence-corrected chi connectivity index (χ3v) is 4.19. The van der Waals surface area contributed by atoms with E-state index in [2.05, 4.69) is 20.8 Å². The molecule has 0 aliphatic heterocycles. The molecule has 2 rings (SSSR count). The van der Waals surface area contributed by atoms with Crippen LogP contribution in [0.3, 0.4) is 0 Å². The van der Waals surface area contributed by atoms with Gasteiger partial charge in [-0.15, -0.1) is 0 Å². The third-order valence-electron chi connectivity index (χ3n) is 4.19. The average Bonchev–Trinajstić information content (AvgIpc) is 2.65. The van der Waals surface area contributed by atoms with Gasteiger partial charge in [-0.2, -0.15) is 5.26 Å². The van der Waals surface area contributed by atoms with E-state index in [0.717, 1.165) is 5.56 Å². The van der Waals surface area contributed by atoms with Crippen molar-refractivity contribution >= 4 is 11.9 Å². The number of allylic oxidation sites excluding steroid dienone is 1. The summed E-state index contributed by atoms with van der Waals surface area (Å²) in [6.07, 6.45) is 1.45. The first kappa shape index (κ1) is 20.1. The van der Waals surface area contributed by atoms with Crippen LogP contribution in [0, 0.1) is 11.3 Å². The van der Waals surface area contributed by atoms with Gasteiger partial charge in [0.15, 0.2) is 11.5 Å². The van der Waals surface area contributed by atoms with Crippen molar-refractivity contribution in [1.29, 1.82) is 5.26 Å². The number of ketones is 1. The highest BCUT2D eigenvalue weighted by atomic mass is 16.5. The highest BCUT2D eigenvalue weighted by Crippen LogP contribution is 2.37. The number of carbonyl (C=O) groups excluding carboxylic acids is 1. The number of hydrogen-bond acceptors (Lipinski definition) is 5. The minimum atomic E-state index is -0.371. The molecule has 0 fully saturated rings. The van der Waals surface area contributed by atoms with Crippen LogP contribution < -0.4 is 9.47 Å². The van der Waals surface area contributed by atoms with E-state index in [1.165, 1.54) is 32.4 Å². The van der Waals surface area contributed by atoms with E-state index >= 15 is 0 Å². The van der Waals surface area contributed by atoms with Crippen LogP contribution in [-0.4, -0.2) is 25.1 Å². The Morgan fingerprint density at radius 3 is 2.00 bits per heavy atom. The standard InChI is InChI=1S/C22H23NO4/c1-22(2,3)17-8-6-15(7-9-17)20(24)16(13-23)10-14-11-18(26-4)21(25)19(12-14)27-5/h6-12,25H,1-5H3/b16-10+. The lowest BCUT2D eigenvalue weighted by atomic mass is 9.86. The summed E-state index contributed by atoms with van der Waals surface area (Å²) >= 11 is 0.